The minimum absolute atomic E-state index is 0.202. The normalized spacial score (nSPS) is 11.7. The molecule has 0 fully saturated rings. The van der Waals surface area contributed by atoms with Gasteiger partial charge in [-0.15, -0.1) is 0 Å². The highest BCUT2D eigenvalue weighted by Crippen LogP contribution is 2.33. The number of nitrogens with zero attached hydrogens (tertiary/aromatic N) is 4. The topological polar surface area (TPSA) is 109 Å². The number of rotatable bonds is 4. The summed E-state index contributed by atoms with van der Waals surface area (Å²) >= 11 is 0. The summed E-state index contributed by atoms with van der Waals surface area (Å²) in [5.74, 6) is 0.226. The number of aromatic amines is 1. The lowest BCUT2D eigenvalue weighted by atomic mass is 9.92. The number of fused-ring (bicyclic) bond motifs is 1. The zero-order valence-corrected chi connectivity index (χ0v) is 15.8. The van der Waals surface area contributed by atoms with E-state index in [-0.39, 0.29) is 11.7 Å². The summed E-state index contributed by atoms with van der Waals surface area (Å²) in [5, 5.41) is 18.0. The molecule has 28 heavy (non-hydrogen) atoms. The van der Waals surface area contributed by atoms with Gasteiger partial charge in [0.15, 0.2) is 0 Å². The van der Waals surface area contributed by atoms with E-state index in [0.29, 0.717) is 5.82 Å². The number of carbonyl (C=O) groups is 1. The molecule has 1 aromatic carbocycles. The van der Waals surface area contributed by atoms with Crippen LogP contribution in [-0.4, -0.2) is 35.7 Å². The van der Waals surface area contributed by atoms with Gasteiger partial charge in [-0.25, -0.2) is 14.6 Å². The molecule has 8 nitrogen and oxygen atoms in total. The van der Waals surface area contributed by atoms with Crippen molar-refractivity contribution < 1.29 is 9.90 Å². The van der Waals surface area contributed by atoms with Crippen LogP contribution in [0.5, 0.6) is 0 Å². The average molecular weight is 376 g/mol. The van der Waals surface area contributed by atoms with Gasteiger partial charge in [0.2, 0.25) is 5.82 Å². The Morgan fingerprint density at radius 1 is 1.21 bits per heavy atom. The molecule has 0 bridgehead atoms. The Labute approximate surface area is 161 Å². The van der Waals surface area contributed by atoms with Crippen LogP contribution in [0.1, 0.15) is 30.0 Å². The number of amides is 1. The van der Waals surface area contributed by atoms with Crippen molar-refractivity contribution in [2.24, 2.45) is 7.05 Å². The fraction of sp³-hybridized carbons (Fsp3) is 0.200. The second-order valence-corrected chi connectivity index (χ2v) is 7.11. The first-order valence-electron chi connectivity index (χ1n) is 8.79. The number of aromatic nitrogens is 5. The lowest BCUT2D eigenvalue weighted by Crippen LogP contribution is -2.18. The van der Waals surface area contributed by atoms with Crippen LogP contribution >= 0.6 is 0 Å². The monoisotopic (exact) mass is 376 g/mol. The predicted octanol–water partition coefficient (Wildman–Crippen LogP) is 2.84. The molecule has 0 aliphatic rings. The smallest absolute Gasteiger partial charge is 0.294 e. The first-order chi connectivity index (χ1) is 13.3. The number of aryl methyl sites for hydroxylation is 1. The van der Waals surface area contributed by atoms with Gasteiger partial charge in [0, 0.05) is 36.0 Å². The molecular formula is C20H20N6O2. The first kappa shape index (κ1) is 17.9. The summed E-state index contributed by atoms with van der Waals surface area (Å²) in [6, 6.07) is 11.4. The Hall–Kier alpha value is -3.52. The Bertz CT molecular complexity index is 1170. The van der Waals surface area contributed by atoms with E-state index in [1.54, 1.807) is 33.2 Å². The first-order valence-corrected chi connectivity index (χ1v) is 8.79. The highest BCUT2D eigenvalue weighted by Gasteiger charge is 2.21. The van der Waals surface area contributed by atoms with E-state index in [0.717, 1.165) is 27.7 Å². The van der Waals surface area contributed by atoms with Crippen LogP contribution in [0, 0.1) is 0 Å². The molecule has 0 unspecified atom stereocenters. The molecule has 3 heterocycles. The van der Waals surface area contributed by atoms with Crippen LogP contribution in [0.2, 0.25) is 0 Å². The van der Waals surface area contributed by atoms with Gasteiger partial charge in [0.05, 0.1) is 11.1 Å². The number of carbonyl (C=O) groups excluding carboxylic acids is 1. The molecule has 0 atom stereocenters. The van der Waals surface area contributed by atoms with E-state index in [1.807, 2.05) is 30.3 Å². The van der Waals surface area contributed by atoms with Gasteiger partial charge in [-0.05, 0) is 25.5 Å². The number of aliphatic hydroxyl groups is 1. The molecule has 4 aromatic rings. The molecule has 0 aliphatic heterocycles. The third-order valence-electron chi connectivity index (χ3n) is 4.54. The van der Waals surface area contributed by atoms with Gasteiger partial charge in [0.25, 0.3) is 5.91 Å². The van der Waals surface area contributed by atoms with Crippen molar-refractivity contribution in [3.63, 3.8) is 0 Å². The Morgan fingerprint density at radius 2 is 2.00 bits per heavy atom. The van der Waals surface area contributed by atoms with Crippen molar-refractivity contribution >= 4 is 22.6 Å². The second-order valence-electron chi connectivity index (χ2n) is 7.11. The minimum atomic E-state index is -0.971. The number of hydrogen-bond acceptors (Lipinski definition) is 5. The number of benzene rings is 1. The van der Waals surface area contributed by atoms with Crippen LogP contribution in [0.25, 0.3) is 22.2 Å². The molecule has 8 heteroatoms. The summed E-state index contributed by atoms with van der Waals surface area (Å²) in [6.07, 6.45) is 3.01. The number of hydrogen-bond donors (Lipinski definition) is 3. The summed E-state index contributed by atoms with van der Waals surface area (Å²) < 4.78 is 1.40. The van der Waals surface area contributed by atoms with E-state index in [2.05, 4.69) is 25.4 Å². The molecule has 0 radical (unpaired) electrons. The summed E-state index contributed by atoms with van der Waals surface area (Å²) in [5.41, 5.74) is 2.46. The molecule has 142 valence electrons. The van der Waals surface area contributed by atoms with Crippen molar-refractivity contribution in [1.29, 1.82) is 0 Å². The Balaban J connectivity index is 1.68. The van der Waals surface area contributed by atoms with Crippen molar-refractivity contribution in [2.75, 3.05) is 5.32 Å². The summed E-state index contributed by atoms with van der Waals surface area (Å²) in [4.78, 5) is 23.9. The fourth-order valence-electron chi connectivity index (χ4n) is 3.16. The highest BCUT2D eigenvalue weighted by atomic mass is 16.3. The van der Waals surface area contributed by atoms with Gasteiger partial charge in [0.1, 0.15) is 12.1 Å². The number of pyridine rings is 1. The maximum absolute atomic E-state index is 12.3. The maximum Gasteiger partial charge on any atom is 0.294 e. The van der Waals surface area contributed by atoms with Crippen LogP contribution in [0.4, 0.5) is 5.82 Å². The fourth-order valence-corrected chi connectivity index (χ4v) is 3.16. The van der Waals surface area contributed by atoms with Gasteiger partial charge < -0.3 is 15.4 Å². The van der Waals surface area contributed by atoms with Crippen molar-refractivity contribution in [1.82, 2.24) is 24.7 Å². The zero-order valence-electron chi connectivity index (χ0n) is 15.8. The number of anilines is 1. The van der Waals surface area contributed by atoms with E-state index >= 15 is 0 Å². The quantitative estimate of drug-likeness (QED) is 0.507. The van der Waals surface area contributed by atoms with Crippen LogP contribution < -0.4 is 5.32 Å². The van der Waals surface area contributed by atoms with E-state index in [1.165, 1.54) is 11.0 Å². The van der Waals surface area contributed by atoms with Crippen molar-refractivity contribution in [2.45, 2.75) is 19.4 Å². The van der Waals surface area contributed by atoms with Gasteiger partial charge in [-0.1, -0.05) is 24.3 Å². The lowest BCUT2D eigenvalue weighted by Gasteiger charge is -2.21. The third-order valence-corrected chi connectivity index (χ3v) is 4.54. The molecule has 0 aliphatic carbocycles. The molecule has 0 spiro atoms. The van der Waals surface area contributed by atoms with Gasteiger partial charge in [-0.3, -0.25) is 4.79 Å². The molecule has 0 saturated carbocycles. The molecule has 3 aromatic heterocycles. The molecule has 1 amide bonds. The summed E-state index contributed by atoms with van der Waals surface area (Å²) in [7, 11) is 1.65. The third kappa shape index (κ3) is 3.25. The SMILES string of the molecule is Cn1ncnc1C(=O)Nc1cc2[nH]c(-c3ccccc3C(C)(C)O)cc2cn1. The largest absolute Gasteiger partial charge is 0.386 e. The van der Waals surface area contributed by atoms with Crippen molar-refractivity contribution in [3.05, 3.63) is 60.3 Å². The molecular weight excluding hydrogens is 356 g/mol. The highest BCUT2D eigenvalue weighted by molar-refractivity contribution is 6.02. The van der Waals surface area contributed by atoms with Crippen LogP contribution in [-0.2, 0) is 12.6 Å². The van der Waals surface area contributed by atoms with Crippen molar-refractivity contribution in [3.8, 4) is 11.3 Å². The van der Waals surface area contributed by atoms with Gasteiger partial charge in [-0.2, -0.15) is 5.10 Å². The maximum atomic E-state index is 12.3. The van der Waals surface area contributed by atoms with Crippen LogP contribution in [0.15, 0.2) is 48.9 Å². The average Bonchev–Trinajstić information content (AvgIpc) is 3.26. The standard InChI is InChI=1S/C20H20N6O2/c1-20(2,28)14-7-5-4-6-13(14)16-8-12-10-21-17(9-15(12)24-16)25-19(27)18-22-11-23-26(18)3/h4-11,24,28H,1-3H3,(H,21,25,27). The van der Waals surface area contributed by atoms with E-state index in [9.17, 15) is 9.90 Å². The second kappa shape index (κ2) is 6.58. The number of H-pyrrole nitrogens is 1. The molecule has 4 rings (SSSR count). The molecule has 0 saturated heterocycles. The summed E-state index contributed by atoms with van der Waals surface area (Å²) in [6.45, 7) is 3.52. The predicted molar refractivity (Wildman–Crippen MR) is 106 cm³/mol. The zero-order chi connectivity index (χ0) is 19.9. The van der Waals surface area contributed by atoms with Gasteiger partial charge >= 0.3 is 0 Å². The Morgan fingerprint density at radius 3 is 2.71 bits per heavy atom. The Kier molecular flexibility index (Phi) is 4.20. The van der Waals surface area contributed by atoms with Crippen LogP contribution in [0.3, 0.4) is 0 Å². The minimum Gasteiger partial charge on any atom is -0.386 e. The number of nitrogens with one attached hydrogen (secondary N) is 2. The van der Waals surface area contributed by atoms with E-state index < -0.39 is 5.60 Å². The van der Waals surface area contributed by atoms with E-state index in [4.69, 9.17) is 0 Å². The molecule has 3 N–H and O–H groups in total. The lowest BCUT2D eigenvalue weighted by molar-refractivity contribution is 0.0791.